The molecule has 1 aliphatic rings. The molecule has 1 aromatic heterocycles. The molecule has 6 nitrogen and oxygen atoms in total. The predicted octanol–water partition coefficient (Wildman–Crippen LogP) is 2.56. The van der Waals surface area contributed by atoms with E-state index in [0.717, 1.165) is 37.1 Å². The lowest BCUT2D eigenvalue weighted by Gasteiger charge is -2.36. The first-order valence-electron chi connectivity index (χ1n) is 8.52. The van der Waals surface area contributed by atoms with Crippen molar-refractivity contribution in [2.45, 2.75) is 25.3 Å². The number of aliphatic imine (C=N–C) groups is 1. The SMILES string of the molecule is CN=C(NCCNc1nccc(C(F)(F)F)n1)N1CCSC(C(C)C)C1. The highest BCUT2D eigenvalue weighted by Gasteiger charge is 2.32. The number of hydrogen-bond donors (Lipinski definition) is 2. The molecule has 1 aliphatic heterocycles. The van der Waals surface area contributed by atoms with Crippen molar-refractivity contribution in [3.8, 4) is 0 Å². The van der Waals surface area contributed by atoms with Gasteiger partial charge in [0.2, 0.25) is 5.95 Å². The van der Waals surface area contributed by atoms with Crippen LogP contribution in [0.4, 0.5) is 19.1 Å². The van der Waals surface area contributed by atoms with Crippen LogP contribution < -0.4 is 10.6 Å². The van der Waals surface area contributed by atoms with Gasteiger partial charge in [-0.05, 0) is 12.0 Å². The minimum atomic E-state index is -4.47. The molecular formula is C16H25F3N6S. The van der Waals surface area contributed by atoms with Gasteiger partial charge < -0.3 is 15.5 Å². The molecule has 146 valence electrons. The summed E-state index contributed by atoms with van der Waals surface area (Å²) in [6, 6.07) is 0.852. The van der Waals surface area contributed by atoms with Crippen LogP contribution in [0.1, 0.15) is 19.5 Å². The van der Waals surface area contributed by atoms with Crippen molar-refractivity contribution in [1.29, 1.82) is 0 Å². The van der Waals surface area contributed by atoms with E-state index in [9.17, 15) is 13.2 Å². The van der Waals surface area contributed by atoms with Gasteiger partial charge in [-0.3, -0.25) is 4.99 Å². The summed E-state index contributed by atoms with van der Waals surface area (Å²) in [6.07, 6.45) is -3.37. The summed E-state index contributed by atoms with van der Waals surface area (Å²) in [5.41, 5.74) is -0.954. The van der Waals surface area contributed by atoms with Crippen LogP contribution >= 0.6 is 11.8 Å². The minimum absolute atomic E-state index is 0.0362. The Morgan fingerprint density at radius 2 is 2.19 bits per heavy atom. The van der Waals surface area contributed by atoms with Gasteiger partial charge in [0.15, 0.2) is 5.96 Å². The van der Waals surface area contributed by atoms with E-state index >= 15 is 0 Å². The van der Waals surface area contributed by atoms with Crippen molar-refractivity contribution >= 4 is 23.7 Å². The molecule has 0 saturated carbocycles. The third kappa shape index (κ3) is 5.93. The molecular weight excluding hydrogens is 365 g/mol. The van der Waals surface area contributed by atoms with E-state index in [1.54, 1.807) is 7.05 Å². The Morgan fingerprint density at radius 3 is 2.85 bits per heavy atom. The second-order valence-electron chi connectivity index (χ2n) is 6.26. The number of guanidine groups is 1. The molecule has 0 aromatic carbocycles. The average Bonchev–Trinajstić information content (AvgIpc) is 2.61. The summed E-state index contributed by atoms with van der Waals surface area (Å²) in [6.45, 7) is 7.19. The average molecular weight is 390 g/mol. The molecule has 2 N–H and O–H groups in total. The van der Waals surface area contributed by atoms with Gasteiger partial charge >= 0.3 is 6.18 Å². The molecule has 1 atom stereocenters. The first kappa shape index (κ1) is 20.6. The zero-order valence-electron chi connectivity index (χ0n) is 15.2. The number of nitrogens with one attached hydrogen (secondary N) is 2. The van der Waals surface area contributed by atoms with E-state index < -0.39 is 11.9 Å². The molecule has 1 fully saturated rings. The van der Waals surface area contributed by atoms with Crippen LogP contribution in [0.2, 0.25) is 0 Å². The van der Waals surface area contributed by atoms with Crippen molar-refractivity contribution in [3.05, 3.63) is 18.0 Å². The van der Waals surface area contributed by atoms with Crippen molar-refractivity contribution in [2.24, 2.45) is 10.9 Å². The third-order valence-corrected chi connectivity index (χ3v) is 5.53. The lowest BCUT2D eigenvalue weighted by atomic mass is 10.1. The lowest BCUT2D eigenvalue weighted by Crippen LogP contribution is -2.49. The normalized spacial score (nSPS) is 19.0. The Labute approximate surface area is 156 Å². The highest BCUT2D eigenvalue weighted by Crippen LogP contribution is 2.27. The second-order valence-corrected chi connectivity index (χ2v) is 7.61. The Balaban J connectivity index is 1.81. The van der Waals surface area contributed by atoms with E-state index in [-0.39, 0.29) is 5.95 Å². The third-order valence-electron chi connectivity index (χ3n) is 3.99. The summed E-state index contributed by atoms with van der Waals surface area (Å²) in [7, 11) is 1.73. The largest absolute Gasteiger partial charge is 0.433 e. The van der Waals surface area contributed by atoms with Crippen molar-refractivity contribution in [2.75, 3.05) is 44.3 Å². The van der Waals surface area contributed by atoms with Crippen molar-refractivity contribution < 1.29 is 13.2 Å². The van der Waals surface area contributed by atoms with Gasteiger partial charge in [-0.1, -0.05) is 13.8 Å². The molecule has 1 aromatic rings. The monoisotopic (exact) mass is 390 g/mol. The summed E-state index contributed by atoms with van der Waals surface area (Å²) in [5, 5.41) is 6.61. The van der Waals surface area contributed by atoms with Gasteiger partial charge in [-0.15, -0.1) is 0 Å². The highest BCUT2D eigenvalue weighted by atomic mass is 32.2. The molecule has 10 heteroatoms. The first-order chi connectivity index (χ1) is 12.3. The second kappa shape index (κ2) is 9.29. The molecule has 0 bridgehead atoms. The topological polar surface area (TPSA) is 65.4 Å². The van der Waals surface area contributed by atoms with Gasteiger partial charge in [0.05, 0.1) is 0 Å². The van der Waals surface area contributed by atoms with Gasteiger partial charge in [0.1, 0.15) is 5.69 Å². The number of alkyl halides is 3. The van der Waals surface area contributed by atoms with Crippen LogP contribution in [-0.4, -0.2) is 65.1 Å². The maximum atomic E-state index is 12.6. The predicted molar refractivity (Wildman–Crippen MR) is 99.5 cm³/mol. The van der Waals surface area contributed by atoms with Crippen LogP contribution in [0, 0.1) is 5.92 Å². The Morgan fingerprint density at radius 1 is 1.42 bits per heavy atom. The zero-order chi connectivity index (χ0) is 19.2. The number of anilines is 1. The van der Waals surface area contributed by atoms with E-state index in [2.05, 4.69) is 44.3 Å². The van der Waals surface area contributed by atoms with Crippen LogP contribution in [0.15, 0.2) is 17.3 Å². The first-order valence-corrected chi connectivity index (χ1v) is 9.57. The zero-order valence-corrected chi connectivity index (χ0v) is 16.0. The number of halogens is 3. The van der Waals surface area contributed by atoms with Gasteiger partial charge in [0.25, 0.3) is 0 Å². The molecule has 1 saturated heterocycles. The molecule has 26 heavy (non-hydrogen) atoms. The van der Waals surface area contributed by atoms with Gasteiger partial charge in [-0.25, -0.2) is 9.97 Å². The Hall–Kier alpha value is -1.71. The molecule has 0 amide bonds. The maximum absolute atomic E-state index is 12.6. The summed E-state index contributed by atoms with van der Waals surface area (Å²) >= 11 is 1.99. The lowest BCUT2D eigenvalue weighted by molar-refractivity contribution is -0.141. The standard InChI is InChI=1S/C16H25F3N6S/c1-11(2)12-10-25(8-9-26-12)15(20-3)23-7-6-22-14-21-5-4-13(24-14)16(17,18)19/h4-5,11-12H,6-10H2,1-3H3,(H,20,23)(H,21,22,24). The maximum Gasteiger partial charge on any atom is 0.433 e. The summed E-state index contributed by atoms with van der Waals surface area (Å²) in [5.74, 6) is 2.43. The smallest absolute Gasteiger partial charge is 0.354 e. The number of hydrogen-bond acceptors (Lipinski definition) is 5. The van der Waals surface area contributed by atoms with E-state index in [1.165, 1.54) is 0 Å². The van der Waals surface area contributed by atoms with Crippen LogP contribution in [0.25, 0.3) is 0 Å². The highest BCUT2D eigenvalue weighted by molar-refractivity contribution is 8.00. The van der Waals surface area contributed by atoms with E-state index in [4.69, 9.17) is 0 Å². The summed E-state index contributed by atoms with van der Waals surface area (Å²) in [4.78, 5) is 13.8. The fourth-order valence-electron chi connectivity index (χ4n) is 2.55. The molecule has 2 rings (SSSR count). The fourth-order valence-corrected chi connectivity index (χ4v) is 3.85. The molecule has 1 unspecified atom stereocenters. The Bertz CT molecular complexity index is 608. The van der Waals surface area contributed by atoms with Gasteiger partial charge in [-0.2, -0.15) is 24.9 Å². The van der Waals surface area contributed by atoms with Gasteiger partial charge in [0, 0.05) is 50.4 Å². The Kier molecular flexibility index (Phi) is 7.36. The summed E-state index contributed by atoms with van der Waals surface area (Å²) < 4.78 is 37.9. The number of rotatable bonds is 5. The van der Waals surface area contributed by atoms with Crippen LogP contribution in [0.5, 0.6) is 0 Å². The van der Waals surface area contributed by atoms with Crippen molar-refractivity contribution in [3.63, 3.8) is 0 Å². The van der Waals surface area contributed by atoms with E-state index in [1.807, 2.05) is 11.8 Å². The quantitative estimate of drug-likeness (QED) is 0.458. The molecule has 0 radical (unpaired) electrons. The number of nitrogens with zero attached hydrogens (tertiary/aromatic N) is 4. The van der Waals surface area contributed by atoms with E-state index in [0.29, 0.717) is 24.3 Å². The minimum Gasteiger partial charge on any atom is -0.354 e. The molecule has 2 heterocycles. The molecule has 0 spiro atoms. The number of thioether (sulfide) groups is 1. The van der Waals surface area contributed by atoms with Crippen LogP contribution in [-0.2, 0) is 6.18 Å². The van der Waals surface area contributed by atoms with Crippen LogP contribution in [0.3, 0.4) is 0 Å². The van der Waals surface area contributed by atoms with Crippen molar-refractivity contribution in [1.82, 2.24) is 20.2 Å². The fraction of sp³-hybridized carbons (Fsp3) is 0.688. The number of aromatic nitrogens is 2. The molecule has 0 aliphatic carbocycles.